The van der Waals surface area contributed by atoms with Gasteiger partial charge in [-0.2, -0.15) is 0 Å². The predicted molar refractivity (Wildman–Crippen MR) is 80.9 cm³/mol. The highest BCUT2D eigenvalue weighted by molar-refractivity contribution is 6.04. The van der Waals surface area contributed by atoms with Crippen molar-refractivity contribution < 1.29 is 18.7 Å². The normalized spacial score (nSPS) is 25.7. The predicted octanol–water partition coefficient (Wildman–Crippen LogP) is 1.61. The maximum atomic E-state index is 13.9. The van der Waals surface area contributed by atoms with Crippen LogP contribution in [-0.4, -0.2) is 44.7 Å². The summed E-state index contributed by atoms with van der Waals surface area (Å²) in [6.07, 6.45) is 0.792. The summed E-state index contributed by atoms with van der Waals surface area (Å²) in [4.78, 5) is 25.2. The number of carbonyl (C=O) groups excluding carboxylic acids is 2. The second-order valence-corrected chi connectivity index (χ2v) is 5.59. The maximum Gasteiger partial charge on any atom is 0.310 e. The molecule has 22 heavy (non-hydrogen) atoms. The molecule has 0 unspecified atom stereocenters. The quantitative estimate of drug-likeness (QED) is 0.482. The standard InChI is InChI=1S/C16H19BFNO3/c1-3-22-16(21)13-8-19(17)7-11(9-20)15(13)12-5-4-6-14(18)10(12)2/h4-6,9,11,13,15H,3,7-8H2,1-2H3/t11-,13-,15+/m0/s1. The molecular formula is C16H19BFNO3. The minimum absolute atomic E-state index is 0.251. The van der Waals surface area contributed by atoms with Crippen LogP contribution in [0, 0.1) is 24.6 Å². The molecule has 6 heteroatoms. The summed E-state index contributed by atoms with van der Waals surface area (Å²) in [5.74, 6) is -2.24. The number of ether oxygens (including phenoxy) is 1. The van der Waals surface area contributed by atoms with E-state index in [-0.39, 0.29) is 19.0 Å². The number of carbonyl (C=O) groups is 2. The zero-order valence-corrected chi connectivity index (χ0v) is 12.8. The lowest BCUT2D eigenvalue weighted by Crippen LogP contribution is -2.48. The van der Waals surface area contributed by atoms with Gasteiger partial charge in [-0.1, -0.05) is 12.1 Å². The molecule has 4 nitrogen and oxygen atoms in total. The molecule has 1 heterocycles. The number of hydrogen-bond donors (Lipinski definition) is 0. The highest BCUT2D eigenvalue weighted by Crippen LogP contribution is 2.38. The largest absolute Gasteiger partial charge is 0.466 e. The number of nitrogens with zero attached hydrogens (tertiary/aromatic N) is 1. The van der Waals surface area contributed by atoms with Crippen LogP contribution in [0.5, 0.6) is 0 Å². The maximum absolute atomic E-state index is 13.9. The molecular weight excluding hydrogens is 284 g/mol. The Morgan fingerprint density at radius 1 is 1.50 bits per heavy atom. The fraction of sp³-hybridized carbons (Fsp3) is 0.500. The number of benzene rings is 1. The van der Waals surface area contributed by atoms with Gasteiger partial charge in [0.05, 0.1) is 12.5 Å². The van der Waals surface area contributed by atoms with Crippen LogP contribution in [0.15, 0.2) is 18.2 Å². The number of rotatable bonds is 4. The third kappa shape index (κ3) is 3.22. The van der Waals surface area contributed by atoms with Gasteiger partial charge in [0.2, 0.25) is 0 Å². The summed E-state index contributed by atoms with van der Waals surface area (Å²) in [5, 5.41) is 0. The van der Waals surface area contributed by atoms with Gasteiger partial charge in [-0.25, -0.2) is 4.39 Å². The highest BCUT2D eigenvalue weighted by atomic mass is 19.1. The van der Waals surface area contributed by atoms with Crippen molar-refractivity contribution in [1.29, 1.82) is 0 Å². The van der Waals surface area contributed by atoms with Crippen molar-refractivity contribution in [3.8, 4) is 0 Å². The number of esters is 1. The van der Waals surface area contributed by atoms with Crippen LogP contribution in [0.4, 0.5) is 4.39 Å². The number of hydrogen-bond acceptors (Lipinski definition) is 4. The zero-order chi connectivity index (χ0) is 16.3. The van der Waals surface area contributed by atoms with E-state index in [2.05, 4.69) is 0 Å². The molecule has 0 bridgehead atoms. The van der Waals surface area contributed by atoms with Crippen LogP contribution < -0.4 is 0 Å². The second kappa shape index (κ2) is 7.05. The summed E-state index contributed by atoms with van der Waals surface area (Å²) in [7, 11) is 5.83. The van der Waals surface area contributed by atoms with E-state index in [1.807, 2.05) is 0 Å². The van der Waals surface area contributed by atoms with E-state index < -0.39 is 23.7 Å². The van der Waals surface area contributed by atoms with Gasteiger partial charge in [0.25, 0.3) is 0 Å². The number of halogens is 1. The summed E-state index contributed by atoms with van der Waals surface area (Å²) >= 11 is 0. The van der Waals surface area contributed by atoms with E-state index >= 15 is 0 Å². The van der Waals surface area contributed by atoms with E-state index in [0.717, 1.165) is 6.29 Å². The lowest BCUT2D eigenvalue weighted by atomic mass is 9.72. The van der Waals surface area contributed by atoms with Gasteiger partial charge in [-0.05, 0) is 37.6 Å². The molecule has 0 saturated carbocycles. The lowest BCUT2D eigenvalue weighted by Gasteiger charge is -2.40. The molecule has 1 saturated heterocycles. The molecule has 0 N–H and O–H groups in total. The molecule has 2 rings (SSSR count). The monoisotopic (exact) mass is 303 g/mol. The SMILES string of the molecule is [B]N1C[C@@H](C=O)[C@H](c2cccc(F)c2C)[C@@H](C(=O)OCC)C1. The minimum atomic E-state index is -0.589. The fourth-order valence-electron chi connectivity index (χ4n) is 3.15. The van der Waals surface area contributed by atoms with Crippen molar-refractivity contribution in [1.82, 2.24) is 4.81 Å². The Morgan fingerprint density at radius 2 is 2.23 bits per heavy atom. The van der Waals surface area contributed by atoms with Crippen molar-refractivity contribution in [3.63, 3.8) is 0 Å². The van der Waals surface area contributed by atoms with Gasteiger partial charge < -0.3 is 14.3 Å². The first-order valence-corrected chi connectivity index (χ1v) is 7.36. The molecule has 1 aliphatic rings. The topological polar surface area (TPSA) is 46.6 Å². The molecule has 0 amide bonds. The van der Waals surface area contributed by atoms with Gasteiger partial charge in [0.1, 0.15) is 12.1 Å². The van der Waals surface area contributed by atoms with Gasteiger partial charge in [-0.15, -0.1) is 0 Å². The molecule has 1 aromatic carbocycles. The molecule has 1 aliphatic heterocycles. The van der Waals surface area contributed by atoms with Crippen molar-refractivity contribution in [2.45, 2.75) is 19.8 Å². The molecule has 3 atom stereocenters. The Balaban J connectivity index is 2.46. The van der Waals surface area contributed by atoms with Crippen molar-refractivity contribution in [2.75, 3.05) is 19.7 Å². The third-order valence-electron chi connectivity index (χ3n) is 4.20. The highest BCUT2D eigenvalue weighted by Gasteiger charge is 2.41. The van der Waals surface area contributed by atoms with E-state index in [1.165, 1.54) is 10.9 Å². The second-order valence-electron chi connectivity index (χ2n) is 5.59. The Labute approximate surface area is 131 Å². The molecule has 116 valence electrons. The Kier molecular flexibility index (Phi) is 5.35. The van der Waals surface area contributed by atoms with E-state index in [9.17, 15) is 14.0 Å². The third-order valence-corrected chi connectivity index (χ3v) is 4.20. The minimum Gasteiger partial charge on any atom is -0.466 e. The number of piperidine rings is 1. The van der Waals surface area contributed by atoms with Gasteiger partial charge in [-0.3, -0.25) is 4.79 Å². The Bertz CT molecular complexity index is 566. The Morgan fingerprint density at radius 3 is 2.86 bits per heavy atom. The molecule has 2 radical (unpaired) electrons. The summed E-state index contributed by atoms with van der Waals surface area (Å²) in [6.45, 7) is 4.24. The summed E-state index contributed by atoms with van der Waals surface area (Å²) in [6, 6.07) is 4.72. The first-order valence-electron chi connectivity index (χ1n) is 7.36. The number of aldehydes is 1. The van der Waals surface area contributed by atoms with Gasteiger partial charge >= 0.3 is 5.97 Å². The first kappa shape index (κ1) is 16.7. The van der Waals surface area contributed by atoms with E-state index in [0.29, 0.717) is 17.7 Å². The smallest absolute Gasteiger partial charge is 0.310 e. The molecule has 0 aliphatic carbocycles. The van der Waals surface area contributed by atoms with Crippen LogP contribution in [0.2, 0.25) is 0 Å². The van der Waals surface area contributed by atoms with Crippen LogP contribution >= 0.6 is 0 Å². The van der Waals surface area contributed by atoms with Gasteiger partial charge in [0.15, 0.2) is 7.98 Å². The van der Waals surface area contributed by atoms with E-state index in [1.54, 1.807) is 26.0 Å². The van der Waals surface area contributed by atoms with Crippen LogP contribution in [0.3, 0.4) is 0 Å². The Hall–Kier alpha value is -1.69. The van der Waals surface area contributed by atoms with Crippen LogP contribution in [-0.2, 0) is 14.3 Å². The van der Waals surface area contributed by atoms with Crippen molar-refractivity contribution >= 4 is 20.2 Å². The average molecular weight is 303 g/mol. The zero-order valence-electron chi connectivity index (χ0n) is 12.8. The van der Waals surface area contributed by atoms with Crippen LogP contribution in [0.1, 0.15) is 24.0 Å². The van der Waals surface area contributed by atoms with Crippen molar-refractivity contribution in [2.24, 2.45) is 11.8 Å². The molecule has 1 aromatic rings. The summed E-state index contributed by atoms with van der Waals surface area (Å²) < 4.78 is 19.0. The van der Waals surface area contributed by atoms with Crippen LogP contribution in [0.25, 0.3) is 0 Å². The molecule has 1 fully saturated rings. The first-order chi connectivity index (χ1) is 10.5. The summed E-state index contributed by atoms with van der Waals surface area (Å²) in [5.41, 5.74) is 1.13. The van der Waals surface area contributed by atoms with Crippen molar-refractivity contribution in [3.05, 3.63) is 35.1 Å². The lowest BCUT2D eigenvalue weighted by molar-refractivity contribution is -0.151. The fourth-order valence-corrected chi connectivity index (χ4v) is 3.15. The average Bonchev–Trinajstić information content (AvgIpc) is 2.49. The molecule has 0 aromatic heterocycles. The molecule has 0 spiro atoms. The van der Waals surface area contributed by atoms with E-state index in [4.69, 9.17) is 12.7 Å². The van der Waals surface area contributed by atoms with Gasteiger partial charge in [0, 0.05) is 18.4 Å².